The lowest BCUT2D eigenvalue weighted by molar-refractivity contribution is 0.151. The lowest BCUT2D eigenvalue weighted by Gasteiger charge is -2.16. The molecule has 0 aliphatic heterocycles. The van der Waals surface area contributed by atoms with Crippen LogP contribution in [-0.2, 0) is 12.8 Å². The van der Waals surface area contributed by atoms with Crippen LogP contribution in [0.1, 0.15) is 36.8 Å². The number of benzene rings is 2. The monoisotopic (exact) mass is 344 g/mol. The molecular formula is C20H24O5. The van der Waals surface area contributed by atoms with E-state index in [1.54, 1.807) is 12.1 Å². The highest BCUT2D eigenvalue weighted by molar-refractivity contribution is 5.81. The second-order valence-electron chi connectivity index (χ2n) is 6.60. The fourth-order valence-corrected chi connectivity index (χ4v) is 3.42. The van der Waals surface area contributed by atoms with Crippen molar-refractivity contribution in [1.29, 1.82) is 0 Å². The highest BCUT2D eigenvalue weighted by Gasteiger charge is 2.21. The molecule has 0 saturated carbocycles. The number of rotatable bonds is 1. The van der Waals surface area contributed by atoms with Gasteiger partial charge in [0.05, 0.1) is 13.2 Å². The number of aryl methyl sites for hydroxylation is 2. The molecule has 4 bridgehead atoms. The molecule has 0 heterocycles. The van der Waals surface area contributed by atoms with Gasteiger partial charge in [0.15, 0.2) is 11.5 Å². The van der Waals surface area contributed by atoms with Gasteiger partial charge < -0.3 is 25.2 Å². The Labute approximate surface area is 147 Å². The normalized spacial score (nSPS) is 17.9. The molecule has 0 aromatic heterocycles. The zero-order valence-electron chi connectivity index (χ0n) is 14.3. The summed E-state index contributed by atoms with van der Waals surface area (Å²) in [6.07, 6.45) is 3.91. The second kappa shape index (κ2) is 7.23. The van der Waals surface area contributed by atoms with Crippen molar-refractivity contribution in [3.8, 4) is 34.1 Å². The molecule has 0 amide bonds. The average molecular weight is 344 g/mol. The minimum Gasteiger partial charge on any atom is -0.507 e. The summed E-state index contributed by atoms with van der Waals surface area (Å²) in [5.41, 5.74) is 2.68. The minimum atomic E-state index is -0.363. The van der Waals surface area contributed by atoms with E-state index in [0.717, 1.165) is 18.4 Å². The van der Waals surface area contributed by atoms with Crippen molar-refractivity contribution in [2.45, 2.75) is 44.6 Å². The summed E-state index contributed by atoms with van der Waals surface area (Å²) < 4.78 is 5.29. The van der Waals surface area contributed by atoms with Gasteiger partial charge in [0, 0.05) is 11.1 Å². The Hall–Kier alpha value is -2.40. The Bertz CT molecular complexity index is 769. The molecule has 3 rings (SSSR count). The molecule has 134 valence electrons. The summed E-state index contributed by atoms with van der Waals surface area (Å²) >= 11 is 0. The van der Waals surface area contributed by atoms with Gasteiger partial charge in [0.2, 0.25) is 5.75 Å². The van der Waals surface area contributed by atoms with Crippen molar-refractivity contribution < 1.29 is 25.2 Å². The Morgan fingerprint density at radius 1 is 0.920 bits per heavy atom. The predicted octanol–water partition coefficient (Wildman–Crippen LogP) is 3.50. The lowest BCUT2D eigenvalue weighted by Crippen LogP contribution is -2.08. The number of aliphatic hydroxyl groups excluding tert-OH is 1. The summed E-state index contributed by atoms with van der Waals surface area (Å²) in [5.74, 6) is -0.279. The molecule has 5 heteroatoms. The van der Waals surface area contributed by atoms with Crippen LogP contribution >= 0.6 is 0 Å². The largest absolute Gasteiger partial charge is 0.507 e. The quantitative estimate of drug-likeness (QED) is 0.595. The van der Waals surface area contributed by atoms with Crippen LogP contribution < -0.4 is 4.74 Å². The van der Waals surface area contributed by atoms with E-state index in [2.05, 4.69) is 0 Å². The van der Waals surface area contributed by atoms with Crippen LogP contribution in [0.15, 0.2) is 24.3 Å². The van der Waals surface area contributed by atoms with Crippen molar-refractivity contribution in [3.05, 3.63) is 35.4 Å². The van der Waals surface area contributed by atoms with E-state index in [1.807, 2.05) is 12.1 Å². The first kappa shape index (κ1) is 17.4. The number of aliphatic hydroxyl groups is 1. The second-order valence-corrected chi connectivity index (χ2v) is 6.60. The van der Waals surface area contributed by atoms with Crippen LogP contribution in [0.3, 0.4) is 0 Å². The zero-order valence-corrected chi connectivity index (χ0v) is 14.3. The Morgan fingerprint density at radius 3 is 2.48 bits per heavy atom. The van der Waals surface area contributed by atoms with Gasteiger partial charge in [0.1, 0.15) is 5.75 Å². The van der Waals surface area contributed by atoms with Gasteiger partial charge in [0.25, 0.3) is 0 Å². The number of hydrogen-bond donors (Lipinski definition) is 4. The smallest absolute Gasteiger partial charge is 0.201 e. The zero-order chi connectivity index (χ0) is 18.0. The standard InChI is InChI=1S/C20H24O5/c1-25-20-16-11-13(18(23)19(20)24)4-2-3-5-14(21)8-6-12-7-9-17(22)15(16)10-12/h7,9-11,14,21-24H,2-6,8H2,1H3/t14-/m0/s1. The molecule has 1 aliphatic rings. The van der Waals surface area contributed by atoms with Crippen LogP contribution in [-0.4, -0.2) is 33.6 Å². The molecule has 5 nitrogen and oxygen atoms in total. The number of aromatic hydroxyl groups is 3. The summed E-state index contributed by atoms with van der Waals surface area (Å²) in [4.78, 5) is 0. The fraction of sp³-hybridized carbons (Fsp3) is 0.400. The first-order valence-corrected chi connectivity index (χ1v) is 8.63. The summed E-state index contributed by atoms with van der Waals surface area (Å²) in [6.45, 7) is 0. The van der Waals surface area contributed by atoms with E-state index in [1.165, 1.54) is 7.11 Å². The molecule has 0 unspecified atom stereocenters. The molecule has 0 saturated heterocycles. The highest BCUT2D eigenvalue weighted by Crippen LogP contribution is 2.48. The molecule has 2 aromatic carbocycles. The minimum absolute atomic E-state index is 0.0773. The van der Waals surface area contributed by atoms with E-state index in [4.69, 9.17) is 4.74 Å². The number of ether oxygens (including phenoxy) is 1. The maximum Gasteiger partial charge on any atom is 0.201 e. The number of methoxy groups -OCH3 is 1. The first-order valence-electron chi connectivity index (χ1n) is 8.63. The van der Waals surface area contributed by atoms with Crippen molar-refractivity contribution in [2.75, 3.05) is 7.11 Å². The third-order valence-corrected chi connectivity index (χ3v) is 4.86. The van der Waals surface area contributed by atoms with Crippen LogP contribution in [0.2, 0.25) is 0 Å². The van der Waals surface area contributed by atoms with Gasteiger partial charge in [-0.15, -0.1) is 0 Å². The van der Waals surface area contributed by atoms with E-state index >= 15 is 0 Å². The predicted molar refractivity (Wildman–Crippen MR) is 95.3 cm³/mol. The van der Waals surface area contributed by atoms with Crippen LogP contribution in [0.4, 0.5) is 0 Å². The summed E-state index contributed by atoms with van der Waals surface area (Å²) in [6, 6.07) is 7.05. The molecule has 0 spiro atoms. The van der Waals surface area contributed by atoms with Crippen LogP contribution in [0.5, 0.6) is 23.0 Å². The fourth-order valence-electron chi connectivity index (χ4n) is 3.42. The Kier molecular flexibility index (Phi) is 5.04. The van der Waals surface area contributed by atoms with E-state index in [0.29, 0.717) is 42.4 Å². The van der Waals surface area contributed by atoms with Gasteiger partial charge in [-0.25, -0.2) is 0 Å². The Balaban J connectivity index is 2.19. The molecule has 4 N–H and O–H groups in total. The van der Waals surface area contributed by atoms with Gasteiger partial charge in [-0.2, -0.15) is 0 Å². The number of phenolic OH excluding ortho intramolecular Hbond substituents is 3. The van der Waals surface area contributed by atoms with Gasteiger partial charge in [-0.05, 0) is 61.4 Å². The van der Waals surface area contributed by atoms with Crippen molar-refractivity contribution >= 4 is 0 Å². The summed E-state index contributed by atoms with van der Waals surface area (Å²) in [5, 5.41) is 41.1. The number of fused-ring (bicyclic) bond motifs is 5. The molecule has 2 aromatic rings. The van der Waals surface area contributed by atoms with E-state index in [-0.39, 0.29) is 29.1 Å². The molecular weight excluding hydrogens is 320 g/mol. The number of phenols is 3. The van der Waals surface area contributed by atoms with Crippen LogP contribution in [0, 0.1) is 0 Å². The van der Waals surface area contributed by atoms with Gasteiger partial charge >= 0.3 is 0 Å². The molecule has 0 radical (unpaired) electrons. The molecule has 1 atom stereocenters. The number of hydrogen-bond acceptors (Lipinski definition) is 5. The average Bonchev–Trinajstić information content (AvgIpc) is 2.61. The molecule has 0 fully saturated rings. The van der Waals surface area contributed by atoms with Gasteiger partial charge in [-0.1, -0.05) is 12.5 Å². The first-order chi connectivity index (χ1) is 12.0. The van der Waals surface area contributed by atoms with Crippen LogP contribution in [0.25, 0.3) is 11.1 Å². The molecule has 25 heavy (non-hydrogen) atoms. The maximum atomic E-state index is 10.4. The van der Waals surface area contributed by atoms with Crippen molar-refractivity contribution in [3.63, 3.8) is 0 Å². The lowest BCUT2D eigenvalue weighted by atomic mass is 9.95. The SMILES string of the molecule is COc1c2cc(c(O)c1O)CCCC[C@H](O)CCc1ccc(O)c-2c1. The Morgan fingerprint density at radius 2 is 1.72 bits per heavy atom. The topological polar surface area (TPSA) is 90.2 Å². The van der Waals surface area contributed by atoms with Crippen molar-refractivity contribution in [2.24, 2.45) is 0 Å². The molecule has 1 aliphatic carbocycles. The van der Waals surface area contributed by atoms with Crippen molar-refractivity contribution in [1.82, 2.24) is 0 Å². The highest BCUT2D eigenvalue weighted by atomic mass is 16.5. The third kappa shape index (κ3) is 3.51. The summed E-state index contributed by atoms with van der Waals surface area (Å²) in [7, 11) is 1.42. The third-order valence-electron chi connectivity index (χ3n) is 4.86. The van der Waals surface area contributed by atoms with E-state index < -0.39 is 0 Å². The van der Waals surface area contributed by atoms with Gasteiger partial charge in [-0.3, -0.25) is 0 Å². The van der Waals surface area contributed by atoms with E-state index in [9.17, 15) is 20.4 Å². The maximum absolute atomic E-state index is 10.4.